The van der Waals surface area contributed by atoms with E-state index >= 15 is 0 Å². The predicted octanol–water partition coefficient (Wildman–Crippen LogP) is 11.8. The Labute approximate surface area is 247 Å². The van der Waals surface area contributed by atoms with Crippen molar-refractivity contribution in [3.8, 4) is 11.1 Å². The molecule has 0 atom stereocenters. The van der Waals surface area contributed by atoms with Crippen molar-refractivity contribution in [1.82, 2.24) is 0 Å². The standard InChI is InChI=1S/C40H25NO2/c1-2-8-28-23-29(14-13-26(28)7-1)27-15-17-30(18-16-27)41(31-19-21-35-33-9-3-5-11-37(33)42-39(35)24-31)32-20-22-36-34-10-4-6-12-38(34)43-40(36)25-32/h1-25H. The third-order valence-electron chi connectivity index (χ3n) is 8.45. The highest BCUT2D eigenvalue weighted by atomic mass is 16.3. The minimum atomic E-state index is 0.862. The summed E-state index contributed by atoms with van der Waals surface area (Å²) in [6.07, 6.45) is 0. The molecule has 3 heteroatoms. The Balaban J connectivity index is 1.20. The molecule has 7 aromatic carbocycles. The third kappa shape index (κ3) is 3.90. The summed E-state index contributed by atoms with van der Waals surface area (Å²) in [7, 11) is 0. The van der Waals surface area contributed by atoms with Crippen LogP contribution >= 0.6 is 0 Å². The molecule has 0 spiro atoms. The second kappa shape index (κ2) is 9.37. The number of rotatable bonds is 4. The van der Waals surface area contributed by atoms with E-state index in [0.29, 0.717) is 0 Å². The second-order valence-corrected chi connectivity index (χ2v) is 11.0. The average molecular weight is 552 g/mol. The van der Waals surface area contributed by atoms with E-state index < -0.39 is 0 Å². The van der Waals surface area contributed by atoms with Crippen LogP contribution in [0.2, 0.25) is 0 Å². The Morgan fingerprint density at radius 2 is 0.814 bits per heavy atom. The molecule has 0 fully saturated rings. The molecule has 0 amide bonds. The molecular weight excluding hydrogens is 526 g/mol. The van der Waals surface area contributed by atoms with Crippen LogP contribution in [0.5, 0.6) is 0 Å². The number of hydrogen-bond donors (Lipinski definition) is 0. The van der Waals surface area contributed by atoms with Gasteiger partial charge in [-0.15, -0.1) is 0 Å². The highest BCUT2D eigenvalue weighted by Crippen LogP contribution is 2.41. The van der Waals surface area contributed by atoms with Crippen molar-refractivity contribution >= 4 is 71.7 Å². The van der Waals surface area contributed by atoms with Crippen molar-refractivity contribution in [2.24, 2.45) is 0 Å². The summed E-state index contributed by atoms with van der Waals surface area (Å²) in [4.78, 5) is 2.27. The van der Waals surface area contributed by atoms with Crippen molar-refractivity contribution in [2.75, 3.05) is 4.90 Å². The monoisotopic (exact) mass is 551 g/mol. The molecule has 0 saturated heterocycles. The molecule has 0 radical (unpaired) electrons. The van der Waals surface area contributed by atoms with Gasteiger partial charge in [-0.25, -0.2) is 0 Å². The van der Waals surface area contributed by atoms with Crippen LogP contribution in [-0.4, -0.2) is 0 Å². The van der Waals surface area contributed by atoms with Gasteiger partial charge in [-0.05, 0) is 76.5 Å². The summed E-state index contributed by atoms with van der Waals surface area (Å²) < 4.78 is 12.6. The smallest absolute Gasteiger partial charge is 0.137 e. The zero-order chi connectivity index (χ0) is 28.3. The zero-order valence-electron chi connectivity index (χ0n) is 23.2. The highest BCUT2D eigenvalue weighted by molar-refractivity contribution is 6.07. The van der Waals surface area contributed by atoms with Crippen LogP contribution < -0.4 is 4.90 Å². The Morgan fingerprint density at radius 1 is 0.326 bits per heavy atom. The van der Waals surface area contributed by atoms with E-state index in [1.807, 2.05) is 24.3 Å². The van der Waals surface area contributed by atoms with Gasteiger partial charge in [0.25, 0.3) is 0 Å². The van der Waals surface area contributed by atoms with E-state index in [1.54, 1.807) is 0 Å². The van der Waals surface area contributed by atoms with Gasteiger partial charge < -0.3 is 13.7 Å². The Bertz CT molecular complexity index is 2350. The first-order chi connectivity index (χ1) is 21.3. The van der Waals surface area contributed by atoms with Crippen LogP contribution in [-0.2, 0) is 0 Å². The van der Waals surface area contributed by atoms with Gasteiger partial charge in [0, 0.05) is 50.7 Å². The molecule has 3 nitrogen and oxygen atoms in total. The zero-order valence-corrected chi connectivity index (χ0v) is 23.2. The molecule has 0 aliphatic rings. The number of hydrogen-bond acceptors (Lipinski definition) is 3. The molecule has 9 aromatic rings. The van der Waals surface area contributed by atoms with Gasteiger partial charge in [-0.2, -0.15) is 0 Å². The van der Waals surface area contributed by atoms with Crippen LogP contribution in [0.4, 0.5) is 17.1 Å². The first-order valence-electron chi connectivity index (χ1n) is 14.5. The summed E-state index contributed by atoms with van der Waals surface area (Å²) in [6.45, 7) is 0. The summed E-state index contributed by atoms with van der Waals surface area (Å²) >= 11 is 0. The van der Waals surface area contributed by atoms with Gasteiger partial charge in [0.1, 0.15) is 22.3 Å². The fraction of sp³-hybridized carbons (Fsp3) is 0. The molecule has 0 saturated carbocycles. The Morgan fingerprint density at radius 3 is 1.44 bits per heavy atom. The largest absolute Gasteiger partial charge is 0.456 e. The topological polar surface area (TPSA) is 29.5 Å². The summed E-state index contributed by atoms with van der Waals surface area (Å²) in [5, 5.41) is 6.95. The number of furan rings is 2. The van der Waals surface area contributed by atoms with E-state index in [9.17, 15) is 0 Å². The SMILES string of the molecule is c1ccc2cc(-c3ccc(N(c4ccc5c(c4)oc4ccccc45)c4ccc5c(c4)oc4ccccc45)cc3)ccc2c1. The van der Waals surface area contributed by atoms with Gasteiger partial charge in [-0.3, -0.25) is 0 Å². The molecule has 0 aliphatic heterocycles. The lowest BCUT2D eigenvalue weighted by Gasteiger charge is -2.25. The van der Waals surface area contributed by atoms with E-state index in [-0.39, 0.29) is 0 Å². The number of para-hydroxylation sites is 2. The van der Waals surface area contributed by atoms with Gasteiger partial charge in [0.15, 0.2) is 0 Å². The minimum absolute atomic E-state index is 0.862. The molecule has 2 aromatic heterocycles. The van der Waals surface area contributed by atoms with Crippen LogP contribution in [0.1, 0.15) is 0 Å². The lowest BCUT2D eigenvalue weighted by molar-refractivity contribution is 0.669. The van der Waals surface area contributed by atoms with E-state index in [0.717, 1.165) is 60.9 Å². The number of anilines is 3. The first-order valence-corrected chi connectivity index (χ1v) is 14.5. The maximum atomic E-state index is 6.29. The van der Waals surface area contributed by atoms with Crippen molar-refractivity contribution in [3.63, 3.8) is 0 Å². The first kappa shape index (κ1) is 23.9. The molecule has 0 aliphatic carbocycles. The quantitative estimate of drug-likeness (QED) is 0.218. The molecule has 2 heterocycles. The number of fused-ring (bicyclic) bond motifs is 7. The van der Waals surface area contributed by atoms with Gasteiger partial charge in [0.05, 0.1) is 0 Å². The third-order valence-corrected chi connectivity index (χ3v) is 8.45. The molecular formula is C40H25NO2. The van der Waals surface area contributed by atoms with Crippen LogP contribution in [0.25, 0.3) is 65.8 Å². The minimum Gasteiger partial charge on any atom is -0.456 e. The fourth-order valence-electron chi connectivity index (χ4n) is 6.33. The van der Waals surface area contributed by atoms with Crippen LogP contribution in [0.15, 0.2) is 160 Å². The van der Waals surface area contributed by atoms with Gasteiger partial charge in [0.2, 0.25) is 0 Å². The van der Waals surface area contributed by atoms with E-state index in [2.05, 4.69) is 132 Å². The molecule has 9 rings (SSSR count). The van der Waals surface area contributed by atoms with Gasteiger partial charge in [-0.1, -0.05) is 84.9 Å². The average Bonchev–Trinajstić information content (AvgIpc) is 3.62. The molecule has 0 unspecified atom stereocenters. The summed E-state index contributed by atoms with van der Waals surface area (Å²) in [5.41, 5.74) is 8.97. The molecule has 0 bridgehead atoms. The highest BCUT2D eigenvalue weighted by Gasteiger charge is 2.17. The lowest BCUT2D eigenvalue weighted by Crippen LogP contribution is -2.09. The van der Waals surface area contributed by atoms with Crippen molar-refractivity contribution in [2.45, 2.75) is 0 Å². The summed E-state index contributed by atoms with van der Waals surface area (Å²) in [6, 6.07) is 53.2. The Hall–Kier alpha value is -5.80. The molecule has 43 heavy (non-hydrogen) atoms. The van der Waals surface area contributed by atoms with Gasteiger partial charge >= 0.3 is 0 Å². The fourth-order valence-corrected chi connectivity index (χ4v) is 6.33. The molecule has 0 N–H and O–H groups in total. The van der Waals surface area contributed by atoms with Crippen molar-refractivity contribution < 1.29 is 8.83 Å². The molecule has 202 valence electrons. The van der Waals surface area contributed by atoms with E-state index in [4.69, 9.17) is 8.83 Å². The second-order valence-electron chi connectivity index (χ2n) is 11.0. The predicted molar refractivity (Wildman–Crippen MR) is 179 cm³/mol. The maximum Gasteiger partial charge on any atom is 0.137 e. The number of nitrogens with zero attached hydrogens (tertiary/aromatic N) is 1. The lowest BCUT2D eigenvalue weighted by atomic mass is 10.0. The number of benzene rings is 7. The van der Waals surface area contributed by atoms with Crippen LogP contribution in [0, 0.1) is 0 Å². The maximum absolute atomic E-state index is 6.29. The van der Waals surface area contributed by atoms with Crippen LogP contribution in [0.3, 0.4) is 0 Å². The normalized spacial score (nSPS) is 11.7. The van der Waals surface area contributed by atoms with Crippen molar-refractivity contribution in [3.05, 3.63) is 152 Å². The van der Waals surface area contributed by atoms with E-state index in [1.165, 1.54) is 21.9 Å². The van der Waals surface area contributed by atoms with Crippen molar-refractivity contribution in [1.29, 1.82) is 0 Å². The Kier molecular flexibility index (Phi) is 5.20. The summed E-state index contributed by atoms with van der Waals surface area (Å²) in [5.74, 6) is 0.